The van der Waals surface area contributed by atoms with Crippen LogP contribution in [0.5, 0.6) is 0 Å². The zero-order valence-electron chi connectivity index (χ0n) is 18.7. The largest absolute Gasteiger partial charge is 0.448 e. The van der Waals surface area contributed by atoms with Crippen molar-refractivity contribution in [2.75, 3.05) is 6.61 Å². The molecule has 3 aromatic rings. The van der Waals surface area contributed by atoms with Crippen LogP contribution in [-0.4, -0.2) is 29.7 Å². The second kappa shape index (κ2) is 8.39. The van der Waals surface area contributed by atoms with E-state index < -0.39 is 11.6 Å². The maximum atomic E-state index is 14.4. The summed E-state index contributed by atoms with van der Waals surface area (Å²) < 4.78 is 34.1. The molecule has 1 aliphatic carbocycles. The fourth-order valence-electron chi connectivity index (χ4n) is 5.93. The summed E-state index contributed by atoms with van der Waals surface area (Å²) in [6, 6.07) is 19.8. The van der Waals surface area contributed by atoms with Crippen LogP contribution in [0.1, 0.15) is 48.3 Å². The number of rotatable bonds is 3. The molecule has 1 saturated heterocycles. The molecule has 0 saturated carbocycles. The van der Waals surface area contributed by atoms with Gasteiger partial charge in [-0.2, -0.15) is 0 Å². The number of carbonyl (C=O) groups excluding carboxylic acids is 1. The molecule has 2 atom stereocenters. The molecule has 2 bridgehead atoms. The minimum absolute atomic E-state index is 0.00785. The summed E-state index contributed by atoms with van der Waals surface area (Å²) in [6.07, 6.45) is 4.72. The summed E-state index contributed by atoms with van der Waals surface area (Å²) in [7, 11) is 0. The molecule has 2 unspecified atom stereocenters. The van der Waals surface area contributed by atoms with Gasteiger partial charge in [0.15, 0.2) is 0 Å². The Hall–Kier alpha value is -3.47. The number of hydrogen-bond donors (Lipinski definition) is 0. The van der Waals surface area contributed by atoms with Crippen molar-refractivity contribution in [2.24, 2.45) is 0 Å². The maximum absolute atomic E-state index is 14.4. The van der Waals surface area contributed by atoms with Crippen molar-refractivity contribution in [3.8, 4) is 11.1 Å². The van der Waals surface area contributed by atoms with Crippen molar-refractivity contribution in [3.63, 3.8) is 0 Å². The van der Waals surface area contributed by atoms with Gasteiger partial charge in [0.05, 0.1) is 6.04 Å². The maximum Gasteiger partial charge on any atom is 0.410 e. The van der Waals surface area contributed by atoms with Gasteiger partial charge in [0.1, 0.15) is 18.2 Å². The lowest BCUT2D eigenvalue weighted by Crippen LogP contribution is -2.52. The predicted molar refractivity (Wildman–Crippen MR) is 127 cm³/mol. The average molecular weight is 458 g/mol. The van der Waals surface area contributed by atoms with Crippen molar-refractivity contribution in [2.45, 2.75) is 43.7 Å². The van der Waals surface area contributed by atoms with Gasteiger partial charge in [-0.25, -0.2) is 13.6 Å². The van der Waals surface area contributed by atoms with Crippen LogP contribution in [0.3, 0.4) is 0 Å². The minimum Gasteiger partial charge on any atom is -0.448 e. The molecule has 3 nitrogen and oxygen atoms in total. The topological polar surface area (TPSA) is 29.5 Å². The molecule has 0 radical (unpaired) electrons. The molecule has 1 fully saturated rings. The molecule has 1 amide bonds. The highest BCUT2D eigenvalue weighted by Gasteiger charge is 2.39. The number of nitrogens with zero attached hydrogens (tertiary/aromatic N) is 1. The van der Waals surface area contributed by atoms with E-state index in [1.165, 1.54) is 34.4 Å². The Morgan fingerprint density at radius 1 is 0.912 bits per heavy atom. The van der Waals surface area contributed by atoms with Crippen LogP contribution in [0.4, 0.5) is 13.6 Å². The normalized spacial score (nSPS) is 21.0. The monoisotopic (exact) mass is 457 g/mol. The molecule has 3 aliphatic rings. The van der Waals surface area contributed by atoms with Gasteiger partial charge in [-0.05, 0) is 71.7 Å². The summed E-state index contributed by atoms with van der Waals surface area (Å²) in [4.78, 5) is 15.1. The zero-order valence-corrected chi connectivity index (χ0v) is 18.7. The van der Waals surface area contributed by atoms with E-state index in [1.54, 1.807) is 0 Å². The van der Waals surface area contributed by atoms with Gasteiger partial charge >= 0.3 is 6.09 Å². The third kappa shape index (κ3) is 3.51. The Balaban J connectivity index is 1.23. The highest BCUT2D eigenvalue weighted by atomic mass is 19.1. The van der Waals surface area contributed by atoms with E-state index in [0.717, 1.165) is 30.9 Å². The van der Waals surface area contributed by atoms with Gasteiger partial charge in [0, 0.05) is 17.5 Å². The second-order valence-corrected chi connectivity index (χ2v) is 9.38. The molecule has 34 heavy (non-hydrogen) atoms. The van der Waals surface area contributed by atoms with Crippen LogP contribution in [0, 0.1) is 11.6 Å². The summed E-state index contributed by atoms with van der Waals surface area (Å²) in [5.74, 6) is -0.879. The summed E-state index contributed by atoms with van der Waals surface area (Å²) in [5.41, 5.74) is 5.81. The van der Waals surface area contributed by atoms with E-state index in [0.29, 0.717) is 12.0 Å². The van der Waals surface area contributed by atoms with E-state index in [-0.39, 0.29) is 30.7 Å². The molecular formula is C29H25F2NO2. The Morgan fingerprint density at radius 3 is 2.32 bits per heavy atom. The number of benzene rings is 3. The summed E-state index contributed by atoms with van der Waals surface area (Å²) in [6.45, 7) is 0.276. The molecular weight excluding hydrogens is 432 g/mol. The SMILES string of the molecule is O=C(OCC1c2ccccc2-c2ccccc21)N1C2C=C(c3cc(F)ccc3F)CC1CCC2. The highest BCUT2D eigenvalue weighted by molar-refractivity contribution is 5.79. The highest BCUT2D eigenvalue weighted by Crippen LogP contribution is 2.45. The number of ether oxygens (including phenoxy) is 1. The minimum atomic E-state index is -0.457. The Kier molecular flexibility index (Phi) is 5.20. The summed E-state index contributed by atoms with van der Waals surface area (Å²) in [5, 5.41) is 0. The van der Waals surface area contributed by atoms with E-state index >= 15 is 0 Å². The number of halogens is 2. The molecule has 0 aromatic heterocycles. The van der Waals surface area contributed by atoms with Crippen LogP contribution in [0.2, 0.25) is 0 Å². The standard InChI is InChI=1S/C29H25F2NO2/c30-19-12-13-28(31)26(16-19)18-14-20-6-5-7-21(15-18)32(20)29(33)34-17-27-24-10-3-1-8-22(24)23-9-2-4-11-25(23)27/h1-4,8-14,16,20-21,27H,5-7,15,17H2. The molecule has 2 heterocycles. The fourth-order valence-corrected chi connectivity index (χ4v) is 5.93. The number of hydrogen-bond acceptors (Lipinski definition) is 2. The predicted octanol–water partition coefficient (Wildman–Crippen LogP) is 6.92. The van der Waals surface area contributed by atoms with E-state index in [9.17, 15) is 13.6 Å². The Bertz CT molecular complexity index is 1260. The molecule has 172 valence electrons. The van der Waals surface area contributed by atoms with Crippen molar-refractivity contribution in [1.29, 1.82) is 0 Å². The first-order chi connectivity index (χ1) is 16.6. The number of fused-ring (bicyclic) bond motifs is 5. The van der Waals surface area contributed by atoms with Gasteiger partial charge in [-0.1, -0.05) is 54.6 Å². The molecule has 6 rings (SSSR count). The van der Waals surface area contributed by atoms with E-state index in [1.807, 2.05) is 35.2 Å². The average Bonchev–Trinajstić information content (AvgIpc) is 3.17. The molecule has 2 aliphatic heterocycles. The van der Waals surface area contributed by atoms with Crippen molar-refractivity contribution in [3.05, 3.63) is 101 Å². The van der Waals surface area contributed by atoms with Crippen molar-refractivity contribution in [1.82, 2.24) is 4.90 Å². The van der Waals surface area contributed by atoms with Crippen LogP contribution in [0.15, 0.2) is 72.8 Å². The lowest BCUT2D eigenvalue weighted by molar-refractivity contribution is 0.0538. The lowest BCUT2D eigenvalue weighted by Gasteiger charge is -2.44. The van der Waals surface area contributed by atoms with Gasteiger partial charge in [0.2, 0.25) is 0 Å². The quantitative estimate of drug-likeness (QED) is 0.427. The molecule has 0 N–H and O–H groups in total. The first-order valence-corrected chi connectivity index (χ1v) is 11.9. The zero-order chi connectivity index (χ0) is 23.2. The van der Waals surface area contributed by atoms with Crippen LogP contribution < -0.4 is 0 Å². The van der Waals surface area contributed by atoms with Gasteiger partial charge in [0.25, 0.3) is 0 Å². The van der Waals surface area contributed by atoms with Crippen LogP contribution in [-0.2, 0) is 4.74 Å². The molecule has 0 spiro atoms. The third-order valence-electron chi connectivity index (χ3n) is 7.46. The lowest BCUT2D eigenvalue weighted by atomic mass is 9.83. The number of piperidine rings is 1. The van der Waals surface area contributed by atoms with Crippen molar-refractivity contribution < 1.29 is 18.3 Å². The number of carbonyl (C=O) groups is 1. The third-order valence-corrected chi connectivity index (χ3v) is 7.46. The first kappa shape index (κ1) is 21.1. The Labute approximate surface area is 197 Å². The second-order valence-electron chi connectivity index (χ2n) is 9.38. The first-order valence-electron chi connectivity index (χ1n) is 11.9. The Morgan fingerprint density at radius 2 is 1.62 bits per heavy atom. The van der Waals surface area contributed by atoms with E-state index in [4.69, 9.17) is 4.74 Å². The van der Waals surface area contributed by atoms with Gasteiger partial charge in [-0.15, -0.1) is 0 Å². The van der Waals surface area contributed by atoms with Gasteiger partial charge in [-0.3, -0.25) is 4.90 Å². The van der Waals surface area contributed by atoms with Crippen LogP contribution >= 0.6 is 0 Å². The molecule has 3 aromatic carbocycles. The molecule has 5 heteroatoms. The van der Waals surface area contributed by atoms with Crippen molar-refractivity contribution >= 4 is 11.7 Å². The van der Waals surface area contributed by atoms with Crippen LogP contribution in [0.25, 0.3) is 16.7 Å². The van der Waals surface area contributed by atoms with E-state index in [2.05, 4.69) is 24.3 Å². The fraction of sp³-hybridized carbons (Fsp3) is 0.276. The summed E-state index contributed by atoms with van der Waals surface area (Å²) >= 11 is 0. The van der Waals surface area contributed by atoms with Gasteiger partial charge < -0.3 is 4.74 Å². The number of amides is 1. The smallest absolute Gasteiger partial charge is 0.410 e.